The molecule has 0 radical (unpaired) electrons. The largest absolute Gasteiger partial charge is 0.329 e. The summed E-state index contributed by atoms with van der Waals surface area (Å²) in [6, 6.07) is 0. The van der Waals surface area contributed by atoms with Crippen molar-refractivity contribution < 1.29 is 0 Å². The van der Waals surface area contributed by atoms with Crippen LogP contribution in [0.3, 0.4) is 0 Å². The van der Waals surface area contributed by atoms with Gasteiger partial charge in [0.15, 0.2) is 0 Å². The molecule has 1 aliphatic carbocycles. The Morgan fingerprint density at radius 1 is 1.12 bits per heavy atom. The molecule has 0 amide bonds. The van der Waals surface area contributed by atoms with E-state index >= 15 is 0 Å². The van der Waals surface area contributed by atoms with Crippen molar-refractivity contribution in [1.82, 2.24) is 4.90 Å². The Morgan fingerprint density at radius 3 is 2.29 bits per heavy atom. The van der Waals surface area contributed by atoms with E-state index in [0.717, 1.165) is 12.5 Å². The molecule has 0 aromatic heterocycles. The maximum Gasteiger partial charge on any atom is 0.0357 e. The number of likely N-dealkylation sites (tertiary alicyclic amines) is 1. The first-order valence-corrected chi connectivity index (χ1v) is 7.45. The Morgan fingerprint density at radius 2 is 1.76 bits per heavy atom. The summed E-state index contributed by atoms with van der Waals surface area (Å²) in [6.07, 6.45) is 8.15. The van der Waals surface area contributed by atoms with Gasteiger partial charge in [0.25, 0.3) is 0 Å². The molecule has 0 bridgehead atoms. The highest BCUT2D eigenvalue weighted by atomic mass is 15.2. The van der Waals surface area contributed by atoms with Gasteiger partial charge in [-0.25, -0.2) is 0 Å². The van der Waals surface area contributed by atoms with E-state index in [2.05, 4.69) is 25.7 Å². The SMILES string of the molecule is CC1CCCCC1(CN)N1CCC(C)(C)CC1. The summed E-state index contributed by atoms with van der Waals surface area (Å²) in [5, 5.41) is 0. The first-order valence-electron chi connectivity index (χ1n) is 7.45. The highest BCUT2D eigenvalue weighted by Crippen LogP contribution is 2.41. The molecule has 1 aliphatic heterocycles. The molecule has 0 spiro atoms. The van der Waals surface area contributed by atoms with Crippen LogP contribution in [0.25, 0.3) is 0 Å². The van der Waals surface area contributed by atoms with Gasteiger partial charge in [0.05, 0.1) is 0 Å². The van der Waals surface area contributed by atoms with Crippen molar-refractivity contribution in [2.24, 2.45) is 17.1 Å². The fourth-order valence-corrected chi connectivity index (χ4v) is 3.86. The lowest BCUT2D eigenvalue weighted by Gasteiger charge is -2.53. The van der Waals surface area contributed by atoms with Crippen LogP contribution in [0.1, 0.15) is 59.3 Å². The molecule has 2 unspecified atom stereocenters. The van der Waals surface area contributed by atoms with Crippen molar-refractivity contribution in [1.29, 1.82) is 0 Å². The van der Waals surface area contributed by atoms with Gasteiger partial charge >= 0.3 is 0 Å². The second-order valence-electron chi connectivity index (χ2n) is 7.11. The molecule has 17 heavy (non-hydrogen) atoms. The molecule has 1 saturated heterocycles. The molecular formula is C15H30N2. The quantitative estimate of drug-likeness (QED) is 0.801. The van der Waals surface area contributed by atoms with Crippen molar-refractivity contribution in [2.75, 3.05) is 19.6 Å². The molecule has 0 aromatic rings. The van der Waals surface area contributed by atoms with Gasteiger partial charge in [-0.3, -0.25) is 4.90 Å². The van der Waals surface area contributed by atoms with Crippen molar-refractivity contribution in [2.45, 2.75) is 64.8 Å². The van der Waals surface area contributed by atoms with Crippen molar-refractivity contribution in [3.8, 4) is 0 Å². The van der Waals surface area contributed by atoms with E-state index in [1.165, 1.54) is 51.6 Å². The summed E-state index contributed by atoms with van der Waals surface area (Å²) in [6.45, 7) is 10.6. The fourth-order valence-electron chi connectivity index (χ4n) is 3.86. The number of rotatable bonds is 2. The molecule has 0 aromatic carbocycles. The molecule has 2 fully saturated rings. The molecule has 2 rings (SSSR count). The predicted octanol–water partition coefficient (Wildman–Crippen LogP) is 3.02. The van der Waals surface area contributed by atoms with E-state index in [0.29, 0.717) is 11.0 Å². The highest BCUT2D eigenvalue weighted by molar-refractivity contribution is 5.00. The van der Waals surface area contributed by atoms with Gasteiger partial charge in [-0.1, -0.05) is 33.6 Å². The average Bonchev–Trinajstić information content (AvgIpc) is 2.30. The van der Waals surface area contributed by atoms with Gasteiger partial charge < -0.3 is 5.73 Å². The summed E-state index contributed by atoms with van der Waals surface area (Å²) >= 11 is 0. The Bertz CT molecular complexity index is 252. The van der Waals surface area contributed by atoms with E-state index < -0.39 is 0 Å². The first-order chi connectivity index (χ1) is 8.00. The standard InChI is InChI=1S/C15H30N2/c1-13-6-4-5-7-15(13,12-16)17-10-8-14(2,3)9-11-17/h13H,4-12,16H2,1-3H3. The van der Waals surface area contributed by atoms with Crippen LogP contribution >= 0.6 is 0 Å². The second kappa shape index (κ2) is 4.89. The van der Waals surface area contributed by atoms with Crippen molar-refractivity contribution >= 4 is 0 Å². The number of nitrogens with two attached hydrogens (primary N) is 1. The summed E-state index contributed by atoms with van der Waals surface area (Å²) < 4.78 is 0. The molecule has 1 heterocycles. The molecular weight excluding hydrogens is 208 g/mol. The maximum absolute atomic E-state index is 6.19. The van der Waals surface area contributed by atoms with E-state index in [1.807, 2.05) is 0 Å². The number of nitrogens with zero attached hydrogens (tertiary/aromatic N) is 1. The zero-order valence-electron chi connectivity index (χ0n) is 12.0. The molecule has 2 nitrogen and oxygen atoms in total. The first kappa shape index (κ1) is 13.4. The topological polar surface area (TPSA) is 29.3 Å². The lowest BCUT2D eigenvalue weighted by atomic mass is 9.70. The Labute approximate surface area is 107 Å². The van der Waals surface area contributed by atoms with Gasteiger partial charge in [0.1, 0.15) is 0 Å². The van der Waals surface area contributed by atoms with E-state index in [1.54, 1.807) is 0 Å². The average molecular weight is 238 g/mol. The van der Waals surface area contributed by atoms with Crippen LogP contribution in [0.15, 0.2) is 0 Å². The number of hydrogen-bond donors (Lipinski definition) is 1. The summed E-state index contributed by atoms with van der Waals surface area (Å²) in [5.74, 6) is 0.780. The molecule has 2 N–H and O–H groups in total. The third kappa shape index (κ3) is 2.53. The Hall–Kier alpha value is -0.0800. The lowest BCUT2D eigenvalue weighted by molar-refractivity contribution is -0.0225. The van der Waals surface area contributed by atoms with Crippen LogP contribution in [0.5, 0.6) is 0 Å². The minimum atomic E-state index is 0.328. The van der Waals surface area contributed by atoms with Crippen LogP contribution in [0.4, 0.5) is 0 Å². The van der Waals surface area contributed by atoms with E-state index in [4.69, 9.17) is 5.73 Å². The van der Waals surface area contributed by atoms with Gasteiger partial charge in [0, 0.05) is 12.1 Å². The molecule has 2 heteroatoms. The van der Waals surface area contributed by atoms with E-state index in [-0.39, 0.29) is 0 Å². The van der Waals surface area contributed by atoms with Crippen LogP contribution in [0.2, 0.25) is 0 Å². The molecule has 2 atom stereocenters. The van der Waals surface area contributed by atoms with E-state index in [9.17, 15) is 0 Å². The minimum Gasteiger partial charge on any atom is -0.329 e. The van der Waals surface area contributed by atoms with Crippen LogP contribution in [-0.4, -0.2) is 30.1 Å². The third-order valence-electron chi connectivity index (χ3n) is 5.51. The smallest absolute Gasteiger partial charge is 0.0357 e. The minimum absolute atomic E-state index is 0.328. The summed E-state index contributed by atoms with van der Waals surface area (Å²) in [4.78, 5) is 2.74. The highest BCUT2D eigenvalue weighted by Gasteiger charge is 2.43. The lowest BCUT2D eigenvalue weighted by Crippen LogP contribution is -2.61. The van der Waals surface area contributed by atoms with Gasteiger partial charge in [-0.2, -0.15) is 0 Å². The van der Waals surface area contributed by atoms with Crippen molar-refractivity contribution in [3.05, 3.63) is 0 Å². The predicted molar refractivity (Wildman–Crippen MR) is 74.0 cm³/mol. The zero-order chi connectivity index (χ0) is 12.5. The van der Waals surface area contributed by atoms with Gasteiger partial charge in [-0.05, 0) is 50.1 Å². The van der Waals surface area contributed by atoms with Crippen molar-refractivity contribution in [3.63, 3.8) is 0 Å². The maximum atomic E-state index is 6.19. The third-order valence-corrected chi connectivity index (χ3v) is 5.51. The monoisotopic (exact) mass is 238 g/mol. The van der Waals surface area contributed by atoms with Crippen LogP contribution in [-0.2, 0) is 0 Å². The molecule has 100 valence electrons. The van der Waals surface area contributed by atoms with Gasteiger partial charge in [0.2, 0.25) is 0 Å². The fraction of sp³-hybridized carbons (Fsp3) is 1.00. The second-order valence-corrected chi connectivity index (χ2v) is 7.11. The Balaban J connectivity index is 2.08. The number of hydrogen-bond acceptors (Lipinski definition) is 2. The molecule has 1 saturated carbocycles. The van der Waals surface area contributed by atoms with Crippen LogP contribution in [0, 0.1) is 11.3 Å². The number of piperidine rings is 1. The molecule has 2 aliphatic rings. The normalized spacial score (nSPS) is 39.2. The zero-order valence-corrected chi connectivity index (χ0v) is 12.0. The summed E-state index contributed by atoms with van der Waals surface area (Å²) in [7, 11) is 0. The van der Waals surface area contributed by atoms with Crippen LogP contribution < -0.4 is 5.73 Å². The summed E-state index contributed by atoms with van der Waals surface area (Å²) in [5.41, 5.74) is 7.06. The van der Waals surface area contributed by atoms with Gasteiger partial charge in [-0.15, -0.1) is 0 Å². The Kier molecular flexibility index (Phi) is 3.84.